The molecule has 20 heavy (non-hydrogen) atoms. The van der Waals surface area contributed by atoms with Crippen LogP contribution in [-0.4, -0.2) is 12.5 Å². The summed E-state index contributed by atoms with van der Waals surface area (Å²) in [6.45, 7) is 4.82. The van der Waals surface area contributed by atoms with Crippen molar-refractivity contribution in [3.8, 4) is 0 Å². The molecule has 5 heteroatoms. The fraction of sp³-hybridized carbons (Fsp3) is 0.267. The lowest BCUT2D eigenvalue weighted by Crippen LogP contribution is -2.36. The number of hydrogen-bond acceptors (Lipinski definition) is 3. The maximum Gasteiger partial charge on any atom is 0.253 e. The molecule has 0 aliphatic carbocycles. The van der Waals surface area contributed by atoms with E-state index in [9.17, 15) is 4.79 Å². The van der Waals surface area contributed by atoms with Crippen LogP contribution < -0.4 is 11.1 Å². The van der Waals surface area contributed by atoms with E-state index < -0.39 is 0 Å². The Hall–Kier alpha value is -1.52. The normalized spacial score (nSPS) is 10.7. The Morgan fingerprint density at radius 3 is 2.55 bits per heavy atom. The van der Waals surface area contributed by atoms with E-state index in [2.05, 4.69) is 25.2 Å². The number of anilines is 1. The highest BCUT2D eigenvalue weighted by Crippen LogP contribution is 2.26. The molecule has 0 saturated heterocycles. The van der Waals surface area contributed by atoms with Gasteiger partial charge in [0.25, 0.3) is 5.91 Å². The van der Waals surface area contributed by atoms with E-state index in [0.29, 0.717) is 17.8 Å². The van der Waals surface area contributed by atoms with Crippen LogP contribution in [0.15, 0.2) is 41.8 Å². The van der Waals surface area contributed by atoms with Gasteiger partial charge in [-0.05, 0) is 23.6 Å². The van der Waals surface area contributed by atoms with Crippen molar-refractivity contribution >= 4 is 35.3 Å². The minimum atomic E-state index is -0.122. The summed E-state index contributed by atoms with van der Waals surface area (Å²) in [6, 6.07) is 11.2. The molecule has 0 fully saturated rings. The Balaban J connectivity index is 0.00000200. The van der Waals surface area contributed by atoms with E-state index in [1.54, 1.807) is 23.5 Å². The van der Waals surface area contributed by atoms with E-state index in [-0.39, 0.29) is 23.7 Å². The quantitative estimate of drug-likeness (QED) is 0.850. The van der Waals surface area contributed by atoms with E-state index in [4.69, 9.17) is 5.73 Å². The number of amides is 1. The minimum absolute atomic E-state index is 0. The van der Waals surface area contributed by atoms with Gasteiger partial charge in [0, 0.05) is 22.5 Å². The molecular weight excluding hydrogens is 292 g/mol. The minimum Gasteiger partial charge on any atom is -0.398 e. The van der Waals surface area contributed by atoms with Gasteiger partial charge in [0.15, 0.2) is 0 Å². The SMILES string of the molecule is CC(C)(CNC(=O)c1ccccc1N)c1cccs1.Cl. The molecular formula is C15H19ClN2OS. The first-order valence-corrected chi connectivity index (χ1v) is 7.05. The van der Waals surface area contributed by atoms with Crippen LogP contribution in [0.3, 0.4) is 0 Å². The summed E-state index contributed by atoms with van der Waals surface area (Å²) in [6.07, 6.45) is 0. The maximum absolute atomic E-state index is 12.1. The molecule has 3 N–H and O–H groups in total. The van der Waals surface area contributed by atoms with E-state index in [0.717, 1.165) is 0 Å². The van der Waals surface area contributed by atoms with Gasteiger partial charge in [-0.25, -0.2) is 0 Å². The molecule has 0 spiro atoms. The smallest absolute Gasteiger partial charge is 0.253 e. The zero-order valence-electron chi connectivity index (χ0n) is 11.6. The Morgan fingerprint density at radius 1 is 1.25 bits per heavy atom. The van der Waals surface area contributed by atoms with Crippen LogP contribution in [0.4, 0.5) is 5.69 Å². The van der Waals surface area contributed by atoms with Gasteiger partial charge < -0.3 is 11.1 Å². The molecule has 1 heterocycles. The molecule has 0 bridgehead atoms. The summed E-state index contributed by atoms with van der Waals surface area (Å²) in [7, 11) is 0. The molecule has 0 unspecified atom stereocenters. The first-order chi connectivity index (χ1) is 9.00. The van der Waals surface area contributed by atoms with Crippen LogP contribution in [0.5, 0.6) is 0 Å². The van der Waals surface area contributed by atoms with Crippen molar-refractivity contribution in [2.75, 3.05) is 12.3 Å². The molecule has 3 nitrogen and oxygen atoms in total. The number of nitrogens with one attached hydrogen (secondary N) is 1. The van der Waals surface area contributed by atoms with Gasteiger partial charge >= 0.3 is 0 Å². The first kappa shape index (κ1) is 16.5. The summed E-state index contributed by atoms with van der Waals surface area (Å²) in [5.74, 6) is -0.122. The number of carbonyl (C=O) groups excluding carboxylic acids is 1. The average molecular weight is 311 g/mol. The predicted molar refractivity (Wildman–Crippen MR) is 87.8 cm³/mol. The third-order valence-corrected chi connectivity index (χ3v) is 4.32. The highest BCUT2D eigenvalue weighted by molar-refractivity contribution is 7.10. The molecule has 0 aliphatic heterocycles. The largest absolute Gasteiger partial charge is 0.398 e. The third kappa shape index (κ3) is 3.74. The van der Waals surface area contributed by atoms with Gasteiger partial charge in [-0.1, -0.05) is 32.0 Å². The predicted octanol–water partition coefficient (Wildman–Crippen LogP) is 3.46. The fourth-order valence-electron chi connectivity index (χ4n) is 1.85. The number of carbonyl (C=O) groups is 1. The van der Waals surface area contributed by atoms with E-state index in [1.807, 2.05) is 23.6 Å². The molecule has 0 atom stereocenters. The monoisotopic (exact) mass is 310 g/mol. The summed E-state index contributed by atoms with van der Waals surface area (Å²) in [5.41, 5.74) is 6.76. The number of nitrogens with two attached hydrogens (primary N) is 1. The lowest BCUT2D eigenvalue weighted by atomic mass is 9.91. The van der Waals surface area contributed by atoms with Crippen molar-refractivity contribution in [1.82, 2.24) is 5.32 Å². The number of halogens is 1. The zero-order valence-corrected chi connectivity index (χ0v) is 13.2. The average Bonchev–Trinajstić information content (AvgIpc) is 2.91. The summed E-state index contributed by atoms with van der Waals surface area (Å²) >= 11 is 1.70. The number of rotatable bonds is 4. The van der Waals surface area contributed by atoms with E-state index >= 15 is 0 Å². The first-order valence-electron chi connectivity index (χ1n) is 6.17. The van der Waals surface area contributed by atoms with Crippen molar-refractivity contribution < 1.29 is 4.79 Å². The molecule has 108 valence electrons. The number of hydrogen-bond donors (Lipinski definition) is 2. The van der Waals surface area contributed by atoms with Gasteiger partial charge in [0.2, 0.25) is 0 Å². The maximum atomic E-state index is 12.1. The van der Waals surface area contributed by atoms with Crippen LogP contribution in [-0.2, 0) is 5.41 Å². The lowest BCUT2D eigenvalue weighted by molar-refractivity contribution is 0.0947. The summed E-state index contributed by atoms with van der Waals surface area (Å²) in [4.78, 5) is 13.4. The van der Waals surface area contributed by atoms with Crippen molar-refractivity contribution in [3.63, 3.8) is 0 Å². The van der Waals surface area contributed by atoms with Crippen LogP contribution in [0, 0.1) is 0 Å². The summed E-state index contributed by atoms with van der Waals surface area (Å²) in [5, 5.41) is 5.01. The fourth-order valence-corrected chi connectivity index (χ4v) is 2.70. The highest BCUT2D eigenvalue weighted by Gasteiger charge is 2.23. The molecule has 2 aromatic rings. The Kier molecular flexibility index (Phi) is 5.60. The van der Waals surface area contributed by atoms with Gasteiger partial charge in [-0.2, -0.15) is 0 Å². The summed E-state index contributed by atoms with van der Waals surface area (Å²) < 4.78 is 0. The van der Waals surface area contributed by atoms with E-state index in [1.165, 1.54) is 4.88 Å². The zero-order chi connectivity index (χ0) is 13.9. The molecule has 0 aliphatic rings. The third-order valence-electron chi connectivity index (χ3n) is 3.08. The number of para-hydroxylation sites is 1. The van der Waals surface area contributed by atoms with Crippen LogP contribution in [0.2, 0.25) is 0 Å². The van der Waals surface area contributed by atoms with Crippen molar-refractivity contribution in [2.24, 2.45) is 0 Å². The molecule has 0 radical (unpaired) electrons. The molecule has 1 aromatic heterocycles. The second kappa shape index (κ2) is 6.77. The van der Waals surface area contributed by atoms with Crippen molar-refractivity contribution in [3.05, 3.63) is 52.2 Å². The Labute approximate surface area is 129 Å². The molecule has 2 rings (SSSR count). The molecule has 1 aromatic carbocycles. The van der Waals surface area contributed by atoms with Gasteiger partial charge in [0.1, 0.15) is 0 Å². The van der Waals surface area contributed by atoms with Crippen LogP contribution >= 0.6 is 23.7 Å². The van der Waals surface area contributed by atoms with Crippen LogP contribution in [0.25, 0.3) is 0 Å². The van der Waals surface area contributed by atoms with Gasteiger partial charge in [-0.3, -0.25) is 4.79 Å². The number of thiophene rings is 1. The lowest BCUT2D eigenvalue weighted by Gasteiger charge is -2.23. The number of nitrogen functional groups attached to an aromatic ring is 1. The topological polar surface area (TPSA) is 55.1 Å². The molecule has 0 saturated carbocycles. The van der Waals surface area contributed by atoms with Crippen molar-refractivity contribution in [2.45, 2.75) is 19.3 Å². The molecule has 1 amide bonds. The highest BCUT2D eigenvalue weighted by atomic mass is 35.5. The van der Waals surface area contributed by atoms with Crippen LogP contribution in [0.1, 0.15) is 29.1 Å². The van der Waals surface area contributed by atoms with Gasteiger partial charge in [-0.15, -0.1) is 23.7 Å². The van der Waals surface area contributed by atoms with Crippen molar-refractivity contribution in [1.29, 1.82) is 0 Å². The second-order valence-corrected chi connectivity index (χ2v) is 6.08. The Morgan fingerprint density at radius 2 is 1.95 bits per heavy atom. The second-order valence-electron chi connectivity index (χ2n) is 5.13. The standard InChI is InChI=1S/C15H18N2OS.ClH/c1-15(2,13-8-5-9-19-13)10-17-14(18)11-6-3-4-7-12(11)16;/h3-9H,10,16H2,1-2H3,(H,17,18);1H. The van der Waals surface area contributed by atoms with Gasteiger partial charge in [0.05, 0.1) is 5.56 Å². The Bertz CT molecular complexity index is 567. The number of benzene rings is 1.